The molecule has 0 atom stereocenters. The van der Waals surface area contributed by atoms with Gasteiger partial charge in [0, 0.05) is 0 Å². The van der Waals surface area contributed by atoms with Crippen LogP contribution in [-0.4, -0.2) is 19.5 Å². The number of para-hydroxylation sites is 2. The number of methoxy groups -OCH3 is 1. The number of furan rings is 1. The zero-order chi connectivity index (χ0) is 12.1. The van der Waals surface area contributed by atoms with Crippen LogP contribution in [0, 0.1) is 0 Å². The molecule has 0 aliphatic heterocycles. The fourth-order valence-electron chi connectivity index (χ4n) is 1.39. The van der Waals surface area contributed by atoms with E-state index >= 15 is 0 Å². The molecule has 0 saturated carbocycles. The Morgan fingerprint density at radius 1 is 1.18 bits per heavy atom. The van der Waals surface area contributed by atoms with Crippen molar-refractivity contribution in [2.45, 2.75) is 0 Å². The molecule has 0 fully saturated rings. The Hall–Kier alpha value is -2.23. The summed E-state index contributed by atoms with van der Waals surface area (Å²) in [6, 6.07) is 10.4. The van der Waals surface area contributed by atoms with E-state index in [2.05, 4.69) is 0 Å². The number of hydrogen-bond donors (Lipinski definition) is 0. The predicted octanol–water partition coefficient (Wildman–Crippen LogP) is 2.55. The average Bonchev–Trinajstić information content (AvgIpc) is 2.90. The molecule has 0 N–H and O–H groups in total. The number of hydrogen-bond acceptors (Lipinski definition) is 4. The van der Waals surface area contributed by atoms with E-state index in [1.807, 2.05) is 12.1 Å². The second kappa shape index (κ2) is 5.21. The highest BCUT2D eigenvalue weighted by Gasteiger charge is 2.11. The molecular weight excluding hydrogens is 220 g/mol. The van der Waals surface area contributed by atoms with Crippen molar-refractivity contribution in [2.24, 2.45) is 0 Å². The van der Waals surface area contributed by atoms with E-state index in [1.54, 1.807) is 31.4 Å². The monoisotopic (exact) mass is 232 g/mol. The molecule has 0 bridgehead atoms. The standard InChI is InChI=1S/C13H12O4/c1-15-12-5-2-3-6-13(12)17-9-10(14)11-7-4-8-16-11/h2-8H,9H2,1H3. The SMILES string of the molecule is COc1ccccc1OCC(=O)c1ccco1. The van der Waals surface area contributed by atoms with E-state index in [4.69, 9.17) is 13.9 Å². The molecular formula is C13H12O4. The summed E-state index contributed by atoms with van der Waals surface area (Å²) >= 11 is 0. The second-order valence-corrected chi connectivity index (χ2v) is 3.34. The summed E-state index contributed by atoms with van der Waals surface area (Å²) in [5.41, 5.74) is 0. The number of carbonyl (C=O) groups is 1. The number of rotatable bonds is 5. The fraction of sp³-hybridized carbons (Fsp3) is 0.154. The van der Waals surface area contributed by atoms with Crippen molar-refractivity contribution in [1.29, 1.82) is 0 Å². The molecule has 1 aromatic carbocycles. The lowest BCUT2D eigenvalue weighted by molar-refractivity contribution is 0.0891. The quantitative estimate of drug-likeness (QED) is 0.743. The first-order chi connectivity index (χ1) is 8.31. The van der Waals surface area contributed by atoms with E-state index in [0.29, 0.717) is 17.3 Å². The maximum Gasteiger partial charge on any atom is 0.235 e. The summed E-state index contributed by atoms with van der Waals surface area (Å²) in [5.74, 6) is 1.22. The molecule has 4 nitrogen and oxygen atoms in total. The number of carbonyl (C=O) groups excluding carboxylic acids is 1. The highest BCUT2D eigenvalue weighted by Crippen LogP contribution is 2.25. The molecule has 0 aliphatic carbocycles. The molecule has 4 heteroatoms. The van der Waals surface area contributed by atoms with Crippen molar-refractivity contribution in [2.75, 3.05) is 13.7 Å². The summed E-state index contributed by atoms with van der Waals surface area (Å²) in [6.07, 6.45) is 1.45. The van der Waals surface area contributed by atoms with Gasteiger partial charge in [-0.1, -0.05) is 12.1 Å². The topological polar surface area (TPSA) is 48.7 Å². The summed E-state index contributed by atoms with van der Waals surface area (Å²) < 4.78 is 15.5. The minimum absolute atomic E-state index is 0.0755. The van der Waals surface area contributed by atoms with E-state index in [1.165, 1.54) is 6.26 Å². The van der Waals surface area contributed by atoms with Crippen LogP contribution in [0.5, 0.6) is 11.5 Å². The van der Waals surface area contributed by atoms with Gasteiger partial charge in [-0.3, -0.25) is 4.79 Å². The lowest BCUT2D eigenvalue weighted by atomic mass is 10.3. The molecule has 1 aromatic heterocycles. The highest BCUT2D eigenvalue weighted by atomic mass is 16.5. The molecule has 88 valence electrons. The molecule has 2 rings (SSSR count). The fourth-order valence-corrected chi connectivity index (χ4v) is 1.39. The molecule has 17 heavy (non-hydrogen) atoms. The third-order valence-electron chi connectivity index (χ3n) is 2.22. The van der Waals surface area contributed by atoms with Crippen LogP contribution in [0.4, 0.5) is 0 Å². The van der Waals surface area contributed by atoms with E-state index < -0.39 is 0 Å². The second-order valence-electron chi connectivity index (χ2n) is 3.34. The maximum absolute atomic E-state index is 11.6. The molecule has 0 spiro atoms. The Labute approximate surface area is 98.8 Å². The van der Waals surface area contributed by atoms with Crippen molar-refractivity contribution >= 4 is 5.78 Å². The molecule has 0 saturated heterocycles. The maximum atomic E-state index is 11.6. The van der Waals surface area contributed by atoms with Crippen LogP contribution in [-0.2, 0) is 0 Å². The van der Waals surface area contributed by atoms with Gasteiger partial charge >= 0.3 is 0 Å². The number of ether oxygens (including phenoxy) is 2. The van der Waals surface area contributed by atoms with Crippen LogP contribution >= 0.6 is 0 Å². The zero-order valence-corrected chi connectivity index (χ0v) is 9.38. The minimum atomic E-state index is -0.207. The summed E-state index contributed by atoms with van der Waals surface area (Å²) in [6.45, 7) is -0.0755. The lowest BCUT2D eigenvalue weighted by Crippen LogP contribution is -2.11. The molecule has 0 amide bonds. The third kappa shape index (κ3) is 2.66. The average molecular weight is 232 g/mol. The minimum Gasteiger partial charge on any atom is -0.493 e. The van der Waals surface area contributed by atoms with Gasteiger partial charge in [-0.05, 0) is 24.3 Å². The van der Waals surface area contributed by atoms with E-state index in [0.717, 1.165) is 0 Å². The Balaban J connectivity index is 2.00. The number of benzene rings is 1. The van der Waals surface area contributed by atoms with E-state index in [9.17, 15) is 4.79 Å². The van der Waals surface area contributed by atoms with Crippen molar-refractivity contribution in [3.8, 4) is 11.5 Å². The van der Waals surface area contributed by atoms with Crippen LogP contribution in [0.1, 0.15) is 10.6 Å². The summed E-state index contributed by atoms with van der Waals surface area (Å²) in [7, 11) is 1.55. The van der Waals surface area contributed by atoms with Gasteiger partial charge in [0.25, 0.3) is 0 Å². The van der Waals surface area contributed by atoms with Crippen LogP contribution < -0.4 is 9.47 Å². The van der Waals surface area contributed by atoms with Gasteiger partial charge in [0.1, 0.15) is 0 Å². The van der Waals surface area contributed by atoms with Gasteiger partial charge in [-0.15, -0.1) is 0 Å². The highest BCUT2D eigenvalue weighted by molar-refractivity contribution is 5.94. The molecule has 0 aliphatic rings. The van der Waals surface area contributed by atoms with Gasteiger partial charge in [-0.25, -0.2) is 0 Å². The normalized spacial score (nSPS) is 9.94. The first kappa shape index (κ1) is 11.3. The lowest BCUT2D eigenvalue weighted by Gasteiger charge is -2.08. The zero-order valence-electron chi connectivity index (χ0n) is 9.38. The molecule has 1 heterocycles. The van der Waals surface area contributed by atoms with Crippen molar-refractivity contribution < 1.29 is 18.7 Å². The Morgan fingerprint density at radius 3 is 2.59 bits per heavy atom. The van der Waals surface area contributed by atoms with Gasteiger partial charge in [-0.2, -0.15) is 0 Å². The van der Waals surface area contributed by atoms with Crippen molar-refractivity contribution in [3.63, 3.8) is 0 Å². The molecule has 0 unspecified atom stereocenters. The van der Waals surface area contributed by atoms with Gasteiger partial charge in [0.15, 0.2) is 23.9 Å². The summed E-state index contributed by atoms with van der Waals surface area (Å²) in [4.78, 5) is 11.6. The summed E-state index contributed by atoms with van der Waals surface area (Å²) in [5, 5.41) is 0. The smallest absolute Gasteiger partial charge is 0.235 e. The first-order valence-electron chi connectivity index (χ1n) is 5.14. The van der Waals surface area contributed by atoms with Gasteiger partial charge in [0.05, 0.1) is 13.4 Å². The third-order valence-corrected chi connectivity index (χ3v) is 2.22. The van der Waals surface area contributed by atoms with Crippen molar-refractivity contribution in [3.05, 3.63) is 48.4 Å². The molecule has 0 radical (unpaired) electrons. The van der Waals surface area contributed by atoms with E-state index in [-0.39, 0.29) is 12.4 Å². The molecule has 2 aromatic rings. The predicted molar refractivity (Wildman–Crippen MR) is 61.5 cm³/mol. The Kier molecular flexibility index (Phi) is 3.45. The Morgan fingerprint density at radius 2 is 1.94 bits per heavy atom. The Bertz CT molecular complexity index is 488. The largest absolute Gasteiger partial charge is 0.493 e. The van der Waals surface area contributed by atoms with Crippen molar-refractivity contribution in [1.82, 2.24) is 0 Å². The van der Waals surface area contributed by atoms with Crippen LogP contribution in [0.2, 0.25) is 0 Å². The number of Topliss-reactive ketones (excluding diaryl/α,β-unsaturated/α-hetero) is 1. The van der Waals surface area contributed by atoms with Crippen LogP contribution in [0.25, 0.3) is 0 Å². The van der Waals surface area contributed by atoms with Gasteiger partial charge in [0.2, 0.25) is 5.78 Å². The van der Waals surface area contributed by atoms with Crippen LogP contribution in [0.15, 0.2) is 47.1 Å². The first-order valence-corrected chi connectivity index (χ1v) is 5.14. The number of ketones is 1. The van der Waals surface area contributed by atoms with Gasteiger partial charge < -0.3 is 13.9 Å². The van der Waals surface area contributed by atoms with Crippen LogP contribution in [0.3, 0.4) is 0 Å².